The van der Waals surface area contributed by atoms with E-state index >= 15 is 0 Å². The largest absolute Gasteiger partial charge is 0.355 e. The third-order valence-electron chi connectivity index (χ3n) is 3.26. The molecule has 0 radical (unpaired) electrons. The van der Waals surface area contributed by atoms with E-state index in [4.69, 9.17) is 0 Å². The van der Waals surface area contributed by atoms with Gasteiger partial charge in [0.05, 0.1) is 5.92 Å². The van der Waals surface area contributed by atoms with Crippen molar-refractivity contribution in [3.05, 3.63) is 35.9 Å². The van der Waals surface area contributed by atoms with Crippen LogP contribution in [0.2, 0.25) is 0 Å². The Morgan fingerprint density at radius 2 is 2.00 bits per heavy atom. The van der Waals surface area contributed by atoms with Crippen LogP contribution in [0.5, 0.6) is 0 Å². The van der Waals surface area contributed by atoms with Gasteiger partial charge in [-0.2, -0.15) is 11.8 Å². The number of hydrogen-bond donors (Lipinski definition) is 1. The quantitative estimate of drug-likeness (QED) is 0.766. The summed E-state index contributed by atoms with van der Waals surface area (Å²) >= 11 is 1.75. The number of thioether (sulfide) groups is 1. The highest BCUT2D eigenvalue weighted by Crippen LogP contribution is 2.26. The molecule has 0 aliphatic rings. The fourth-order valence-corrected chi connectivity index (χ4v) is 2.33. The molecule has 1 aromatic rings. The van der Waals surface area contributed by atoms with Crippen LogP contribution in [-0.4, -0.2) is 24.5 Å². The van der Waals surface area contributed by atoms with Crippen molar-refractivity contribution >= 4 is 17.7 Å². The van der Waals surface area contributed by atoms with Gasteiger partial charge in [-0.05, 0) is 17.7 Å². The molecule has 2 unspecified atom stereocenters. The van der Waals surface area contributed by atoms with Gasteiger partial charge in [0.2, 0.25) is 5.91 Å². The first-order valence-corrected chi connectivity index (χ1v) is 7.91. The predicted octanol–water partition coefficient (Wildman–Crippen LogP) is 3.30. The summed E-state index contributed by atoms with van der Waals surface area (Å²) in [5, 5.41) is 3.04. The summed E-state index contributed by atoms with van der Waals surface area (Å²) in [5.74, 6) is 1.46. The van der Waals surface area contributed by atoms with Gasteiger partial charge in [0.25, 0.3) is 0 Å². The van der Waals surface area contributed by atoms with Crippen molar-refractivity contribution in [1.29, 1.82) is 0 Å². The third-order valence-corrected chi connectivity index (χ3v) is 3.87. The van der Waals surface area contributed by atoms with Crippen LogP contribution in [0.15, 0.2) is 30.3 Å². The zero-order valence-corrected chi connectivity index (χ0v) is 12.3. The number of nitrogens with one attached hydrogen (secondary N) is 1. The molecule has 0 bridgehead atoms. The molecular formula is C15H23NOS. The Bertz CT molecular complexity index is 353. The number of carbonyl (C=O) groups excluding carboxylic acids is 1. The summed E-state index contributed by atoms with van der Waals surface area (Å²) in [6.45, 7) is 5.03. The van der Waals surface area contributed by atoms with Gasteiger partial charge in [-0.1, -0.05) is 50.6 Å². The number of carbonyl (C=O) groups is 1. The van der Waals surface area contributed by atoms with Crippen LogP contribution < -0.4 is 5.32 Å². The van der Waals surface area contributed by atoms with Crippen LogP contribution in [0, 0.1) is 5.92 Å². The average Bonchev–Trinajstić information content (AvgIpc) is 2.40. The highest BCUT2D eigenvalue weighted by molar-refractivity contribution is 7.98. The van der Waals surface area contributed by atoms with Crippen LogP contribution in [-0.2, 0) is 4.79 Å². The molecule has 0 saturated heterocycles. The summed E-state index contributed by atoms with van der Waals surface area (Å²) < 4.78 is 0. The van der Waals surface area contributed by atoms with Crippen LogP contribution in [0.1, 0.15) is 31.7 Å². The lowest BCUT2D eigenvalue weighted by Gasteiger charge is -2.22. The molecule has 0 saturated carbocycles. The molecule has 0 aliphatic carbocycles. The lowest BCUT2D eigenvalue weighted by Crippen LogP contribution is -2.34. The molecule has 0 spiro atoms. The SMILES string of the molecule is CCC(C)C(C(=O)NCCSC)c1ccccc1. The van der Waals surface area contributed by atoms with E-state index in [0.717, 1.165) is 24.3 Å². The Hall–Kier alpha value is -0.960. The monoisotopic (exact) mass is 265 g/mol. The van der Waals surface area contributed by atoms with Crippen molar-refractivity contribution in [3.63, 3.8) is 0 Å². The minimum Gasteiger partial charge on any atom is -0.355 e. The smallest absolute Gasteiger partial charge is 0.227 e. The normalized spacial score (nSPS) is 13.9. The molecule has 2 atom stereocenters. The molecule has 1 rings (SSSR count). The zero-order valence-electron chi connectivity index (χ0n) is 11.5. The van der Waals surface area contributed by atoms with Gasteiger partial charge in [0, 0.05) is 12.3 Å². The van der Waals surface area contributed by atoms with Crippen molar-refractivity contribution in [2.75, 3.05) is 18.6 Å². The summed E-state index contributed by atoms with van der Waals surface area (Å²) in [5.41, 5.74) is 1.12. The van der Waals surface area contributed by atoms with Crippen LogP contribution in [0.25, 0.3) is 0 Å². The van der Waals surface area contributed by atoms with E-state index in [1.165, 1.54) is 0 Å². The Labute approximate surface area is 115 Å². The van der Waals surface area contributed by atoms with E-state index in [2.05, 4.69) is 25.4 Å². The first-order valence-electron chi connectivity index (χ1n) is 6.52. The Balaban J connectivity index is 2.76. The van der Waals surface area contributed by atoms with Gasteiger partial charge in [-0.3, -0.25) is 4.79 Å². The highest BCUT2D eigenvalue weighted by Gasteiger charge is 2.25. The zero-order chi connectivity index (χ0) is 13.4. The van der Waals surface area contributed by atoms with Crippen molar-refractivity contribution in [1.82, 2.24) is 5.32 Å². The third kappa shape index (κ3) is 4.37. The van der Waals surface area contributed by atoms with E-state index in [0.29, 0.717) is 5.92 Å². The lowest BCUT2D eigenvalue weighted by atomic mass is 9.85. The minimum atomic E-state index is -0.0296. The first-order chi connectivity index (χ1) is 8.70. The fraction of sp³-hybridized carbons (Fsp3) is 0.533. The second-order valence-electron chi connectivity index (χ2n) is 4.56. The number of rotatable bonds is 7. The molecule has 0 aliphatic heterocycles. The van der Waals surface area contributed by atoms with Crippen molar-refractivity contribution in [2.24, 2.45) is 5.92 Å². The number of benzene rings is 1. The molecule has 0 fully saturated rings. The Kier molecular flexibility index (Phi) is 6.88. The Morgan fingerprint density at radius 1 is 1.33 bits per heavy atom. The van der Waals surface area contributed by atoms with Crippen molar-refractivity contribution in [2.45, 2.75) is 26.2 Å². The van der Waals surface area contributed by atoms with Gasteiger partial charge in [-0.25, -0.2) is 0 Å². The lowest BCUT2D eigenvalue weighted by molar-refractivity contribution is -0.123. The fourth-order valence-electron chi connectivity index (χ4n) is 2.02. The molecule has 0 aromatic heterocycles. The van der Waals surface area contributed by atoms with E-state index < -0.39 is 0 Å². The molecule has 1 N–H and O–H groups in total. The molecule has 1 aromatic carbocycles. The minimum absolute atomic E-state index is 0.0296. The van der Waals surface area contributed by atoms with E-state index in [-0.39, 0.29) is 11.8 Å². The molecule has 3 heteroatoms. The Morgan fingerprint density at radius 3 is 2.56 bits per heavy atom. The molecule has 2 nitrogen and oxygen atoms in total. The van der Waals surface area contributed by atoms with Gasteiger partial charge >= 0.3 is 0 Å². The molecule has 100 valence electrons. The van der Waals surface area contributed by atoms with Gasteiger partial charge in [0.1, 0.15) is 0 Å². The topological polar surface area (TPSA) is 29.1 Å². The van der Waals surface area contributed by atoms with Crippen LogP contribution in [0.3, 0.4) is 0 Å². The second kappa shape index (κ2) is 8.20. The second-order valence-corrected chi connectivity index (χ2v) is 5.54. The number of amides is 1. The van der Waals surface area contributed by atoms with Gasteiger partial charge in [-0.15, -0.1) is 0 Å². The van der Waals surface area contributed by atoms with Gasteiger partial charge < -0.3 is 5.32 Å². The maximum Gasteiger partial charge on any atom is 0.227 e. The maximum absolute atomic E-state index is 12.3. The summed E-state index contributed by atoms with van der Waals surface area (Å²) in [7, 11) is 0. The summed E-state index contributed by atoms with van der Waals surface area (Å²) in [6.07, 6.45) is 3.06. The van der Waals surface area contributed by atoms with E-state index in [1.807, 2.05) is 30.3 Å². The average molecular weight is 265 g/mol. The molecule has 0 heterocycles. The highest BCUT2D eigenvalue weighted by atomic mass is 32.2. The molecular weight excluding hydrogens is 242 g/mol. The first kappa shape index (κ1) is 15.1. The maximum atomic E-state index is 12.3. The van der Waals surface area contributed by atoms with Crippen molar-refractivity contribution < 1.29 is 4.79 Å². The van der Waals surface area contributed by atoms with E-state index in [9.17, 15) is 4.79 Å². The summed E-state index contributed by atoms with van der Waals surface area (Å²) in [6, 6.07) is 10.1. The molecule has 1 amide bonds. The van der Waals surface area contributed by atoms with Crippen molar-refractivity contribution in [3.8, 4) is 0 Å². The number of hydrogen-bond acceptors (Lipinski definition) is 2. The predicted molar refractivity (Wildman–Crippen MR) is 80.0 cm³/mol. The van der Waals surface area contributed by atoms with Crippen LogP contribution in [0.4, 0.5) is 0 Å². The summed E-state index contributed by atoms with van der Waals surface area (Å²) in [4.78, 5) is 12.3. The standard InChI is InChI=1S/C15H23NOS/c1-4-12(2)14(13-8-6-5-7-9-13)15(17)16-10-11-18-3/h5-9,12,14H,4,10-11H2,1-3H3,(H,16,17). The van der Waals surface area contributed by atoms with E-state index in [1.54, 1.807) is 11.8 Å². The van der Waals surface area contributed by atoms with Crippen LogP contribution >= 0.6 is 11.8 Å². The van der Waals surface area contributed by atoms with Gasteiger partial charge in [0.15, 0.2) is 0 Å². The molecule has 18 heavy (non-hydrogen) atoms.